The molecule has 2 N–H and O–H groups in total. The number of nitrogens with zero attached hydrogens (tertiary/aromatic N) is 1. The molecule has 1 aromatic rings. The third-order valence-corrected chi connectivity index (χ3v) is 4.03. The lowest BCUT2D eigenvalue weighted by atomic mass is 10.1. The lowest BCUT2D eigenvalue weighted by molar-refractivity contribution is -0.132. The topological polar surface area (TPSA) is 54.9 Å². The van der Waals surface area contributed by atoms with E-state index in [-0.39, 0.29) is 12.6 Å². The van der Waals surface area contributed by atoms with Crippen LogP contribution in [0, 0.1) is 0 Å². The molecule has 1 aromatic carbocycles. The van der Waals surface area contributed by atoms with Crippen LogP contribution in [-0.4, -0.2) is 45.0 Å². The number of ether oxygens (including phenoxy) is 2. The Balaban J connectivity index is 1.76. The van der Waals surface area contributed by atoms with Crippen LogP contribution in [0.5, 0.6) is 0 Å². The summed E-state index contributed by atoms with van der Waals surface area (Å²) in [5, 5.41) is 5.68. The zero-order valence-corrected chi connectivity index (χ0v) is 14.9. The second-order valence-corrected chi connectivity index (χ2v) is 6.16. The van der Waals surface area contributed by atoms with Crippen molar-refractivity contribution in [1.29, 1.82) is 0 Å². The van der Waals surface area contributed by atoms with Crippen LogP contribution >= 0.6 is 0 Å². The van der Waals surface area contributed by atoms with E-state index in [2.05, 4.69) is 15.6 Å². The Morgan fingerprint density at radius 3 is 2.65 bits per heavy atom. The zero-order chi connectivity index (χ0) is 18.8. The van der Waals surface area contributed by atoms with Gasteiger partial charge in [0.05, 0.1) is 19.1 Å². The normalized spacial score (nSPS) is 16.5. The van der Waals surface area contributed by atoms with Crippen LogP contribution in [-0.2, 0) is 22.6 Å². The Morgan fingerprint density at radius 2 is 1.96 bits per heavy atom. The van der Waals surface area contributed by atoms with Crippen LogP contribution in [0.25, 0.3) is 0 Å². The maximum Gasteiger partial charge on any atom is 0.390 e. The number of halogens is 3. The number of hydrogen-bond donors (Lipinski definition) is 2. The fourth-order valence-corrected chi connectivity index (χ4v) is 2.62. The van der Waals surface area contributed by atoms with Gasteiger partial charge in [0.2, 0.25) is 0 Å². The van der Waals surface area contributed by atoms with Crippen LogP contribution in [0.3, 0.4) is 0 Å². The highest BCUT2D eigenvalue weighted by Gasteiger charge is 2.26. The lowest BCUT2D eigenvalue weighted by Gasteiger charge is -2.22. The molecule has 1 saturated heterocycles. The van der Waals surface area contributed by atoms with Gasteiger partial charge in [-0.05, 0) is 24.0 Å². The number of rotatable bonds is 7. The van der Waals surface area contributed by atoms with Crippen molar-refractivity contribution in [2.24, 2.45) is 4.99 Å². The second-order valence-electron chi connectivity index (χ2n) is 6.16. The Bertz CT molecular complexity index is 573. The summed E-state index contributed by atoms with van der Waals surface area (Å²) in [6.45, 7) is 2.29. The average molecular weight is 373 g/mol. The Labute approximate surface area is 152 Å². The van der Waals surface area contributed by atoms with E-state index >= 15 is 0 Å². The molecule has 0 saturated carbocycles. The van der Waals surface area contributed by atoms with Gasteiger partial charge in [0.1, 0.15) is 0 Å². The van der Waals surface area contributed by atoms with Gasteiger partial charge in [0.15, 0.2) is 5.96 Å². The minimum Gasteiger partial charge on any atom is -0.381 e. The van der Waals surface area contributed by atoms with Crippen molar-refractivity contribution < 1.29 is 22.6 Å². The number of nitrogens with one attached hydrogen (secondary N) is 2. The van der Waals surface area contributed by atoms with Gasteiger partial charge in [0.25, 0.3) is 0 Å². The third kappa shape index (κ3) is 8.05. The fraction of sp³-hybridized carbons (Fsp3) is 0.611. The van der Waals surface area contributed by atoms with Gasteiger partial charge in [0, 0.05) is 33.4 Å². The molecule has 26 heavy (non-hydrogen) atoms. The largest absolute Gasteiger partial charge is 0.390 e. The molecule has 0 amide bonds. The summed E-state index contributed by atoms with van der Waals surface area (Å²) in [5.74, 6) is 0.345. The van der Waals surface area contributed by atoms with Crippen LogP contribution in [0.1, 0.15) is 30.4 Å². The van der Waals surface area contributed by atoms with Crippen LogP contribution in [0.15, 0.2) is 29.3 Å². The molecule has 0 atom stereocenters. The third-order valence-electron chi connectivity index (χ3n) is 4.03. The summed E-state index contributed by atoms with van der Waals surface area (Å²) >= 11 is 0. The second kappa shape index (κ2) is 10.4. The molecule has 0 unspecified atom stereocenters. The monoisotopic (exact) mass is 373 g/mol. The zero-order valence-electron chi connectivity index (χ0n) is 14.9. The van der Waals surface area contributed by atoms with Gasteiger partial charge < -0.3 is 20.1 Å². The first kappa shape index (κ1) is 20.5. The Morgan fingerprint density at radius 1 is 1.23 bits per heavy atom. The van der Waals surface area contributed by atoms with E-state index in [1.165, 1.54) is 7.05 Å². The number of guanidine groups is 1. The van der Waals surface area contributed by atoms with E-state index in [9.17, 15) is 13.2 Å². The number of hydrogen-bond acceptors (Lipinski definition) is 3. The van der Waals surface area contributed by atoms with Crippen molar-refractivity contribution in [2.45, 2.75) is 44.7 Å². The van der Waals surface area contributed by atoms with Gasteiger partial charge >= 0.3 is 6.18 Å². The minimum absolute atomic E-state index is 0.206. The highest BCUT2D eigenvalue weighted by molar-refractivity contribution is 5.79. The summed E-state index contributed by atoms with van der Waals surface area (Å²) in [4.78, 5) is 3.93. The molecular weight excluding hydrogens is 347 g/mol. The van der Waals surface area contributed by atoms with E-state index in [1.54, 1.807) is 0 Å². The summed E-state index contributed by atoms with van der Waals surface area (Å²) in [6.07, 6.45) is -3.00. The molecule has 0 radical (unpaired) electrons. The van der Waals surface area contributed by atoms with Crippen LogP contribution in [0.2, 0.25) is 0 Å². The van der Waals surface area contributed by atoms with Crippen molar-refractivity contribution in [2.75, 3.05) is 26.8 Å². The van der Waals surface area contributed by atoms with Crippen molar-refractivity contribution in [3.05, 3.63) is 35.4 Å². The fourth-order valence-electron chi connectivity index (χ4n) is 2.62. The van der Waals surface area contributed by atoms with Gasteiger partial charge in [-0.25, -0.2) is 0 Å². The summed E-state index contributed by atoms with van der Waals surface area (Å²) in [6, 6.07) is 7.92. The predicted octanol–water partition coefficient (Wildman–Crippen LogP) is 3.00. The molecule has 0 spiro atoms. The first-order valence-corrected chi connectivity index (χ1v) is 8.75. The van der Waals surface area contributed by atoms with Crippen molar-refractivity contribution >= 4 is 5.96 Å². The molecule has 0 bridgehead atoms. The van der Waals surface area contributed by atoms with E-state index < -0.39 is 12.6 Å². The van der Waals surface area contributed by atoms with E-state index in [1.807, 2.05) is 24.3 Å². The van der Waals surface area contributed by atoms with Crippen molar-refractivity contribution in [1.82, 2.24) is 10.6 Å². The SMILES string of the molecule is CN=C(NCCC(F)(F)F)NCc1cccc(COC2CCOCC2)c1. The molecule has 0 aliphatic carbocycles. The molecule has 5 nitrogen and oxygen atoms in total. The smallest absolute Gasteiger partial charge is 0.381 e. The van der Waals surface area contributed by atoms with E-state index in [4.69, 9.17) is 9.47 Å². The van der Waals surface area contributed by atoms with Crippen LogP contribution < -0.4 is 10.6 Å². The van der Waals surface area contributed by atoms with Crippen LogP contribution in [0.4, 0.5) is 13.2 Å². The summed E-state index contributed by atoms with van der Waals surface area (Å²) in [5.41, 5.74) is 2.08. The standard InChI is InChI=1S/C18H26F3N3O2/c1-22-17(23-8-7-18(19,20)21)24-12-14-3-2-4-15(11-14)13-26-16-5-9-25-10-6-16/h2-4,11,16H,5-10,12-13H2,1H3,(H2,22,23,24). The molecule has 146 valence electrons. The van der Waals surface area contributed by atoms with E-state index in [0.717, 1.165) is 37.2 Å². The van der Waals surface area contributed by atoms with Gasteiger partial charge in [-0.1, -0.05) is 24.3 Å². The molecule has 1 aliphatic heterocycles. The minimum atomic E-state index is -4.18. The van der Waals surface area contributed by atoms with Crippen molar-refractivity contribution in [3.8, 4) is 0 Å². The molecule has 1 fully saturated rings. The number of alkyl halides is 3. The summed E-state index contributed by atoms with van der Waals surface area (Å²) in [7, 11) is 1.53. The molecular formula is C18H26F3N3O2. The highest BCUT2D eigenvalue weighted by Crippen LogP contribution is 2.18. The predicted molar refractivity (Wildman–Crippen MR) is 93.9 cm³/mol. The molecule has 2 rings (SSSR count). The molecule has 1 aliphatic rings. The maximum atomic E-state index is 12.2. The first-order chi connectivity index (χ1) is 12.5. The molecule has 8 heteroatoms. The lowest BCUT2D eigenvalue weighted by Crippen LogP contribution is -2.38. The van der Waals surface area contributed by atoms with E-state index in [0.29, 0.717) is 19.1 Å². The Hall–Kier alpha value is -1.80. The molecule has 0 aromatic heterocycles. The van der Waals surface area contributed by atoms with Gasteiger partial charge in [-0.3, -0.25) is 4.99 Å². The average Bonchev–Trinajstić information content (AvgIpc) is 2.63. The number of aliphatic imine (C=N–C) groups is 1. The van der Waals surface area contributed by atoms with Gasteiger partial charge in [-0.2, -0.15) is 13.2 Å². The summed E-state index contributed by atoms with van der Waals surface area (Å²) < 4.78 is 47.8. The molecule has 1 heterocycles. The highest BCUT2D eigenvalue weighted by atomic mass is 19.4. The maximum absolute atomic E-state index is 12.2. The quantitative estimate of drug-likeness (QED) is 0.570. The van der Waals surface area contributed by atoms with Crippen molar-refractivity contribution in [3.63, 3.8) is 0 Å². The first-order valence-electron chi connectivity index (χ1n) is 8.75. The Kier molecular flexibility index (Phi) is 8.18. The number of benzene rings is 1. The van der Waals surface area contributed by atoms with Gasteiger partial charge in [-0.15, -0.1) is 0 Å².